The highest BCUT2D eigenvalue weighted by atomic mass is 28.3. The zero-order valence-corrected chi connectivity index (χ0v) is 13.0. The average Bonchev–Trinajstić information content (AvgIpc) is 2.35. The third kappa shape index (κ3) is 5.87. The molecule has 1 aliphatic rings. The molecule has 0 spiro atoms. The Morgan fingerprint density at radius 3 is 2.59 bits per heavy atom. The van der Waals surface area contributed by atoms with E-state index >= 15 is 0 Å². The third-order valence-electron chi connectivity index (χ3n) is 4.03. The molecule has 0 N–H and O–H groups in total. The molecule has 1 rings (SSSR count). The first-order valence-electron chi connectivity index (χ1n) is 7.39. The second kappa shape index (κ2) is 8.10. The summed E-state index contributed by atoms with van der Waals surface area (Å²) in [5.74, 6) is 0. The van der Waals surface area contributed by atoms with Gasteiger partial charge in [-0.15, -0.1) is 6.58 Å². The van der Waals surface area contributed by atoms with Crippen molar-refractivity contribution in [1.29, 1.82) is 0 Å². The van der Waals surface area contributed by atoms with E-state index in [2.05, 4.69) is 20.4 Å². The van der Waals surface area contributed by atoms with Crippen LogP contribution in [0.4, 0.5) is 0 Å². The molecule has 100 valence electrons. The molecule has 1 fully saturated rings. The van der Waals surface area contributed by atoms with Crippen LogP contribution in [0.5, 0.6) is 0 Å². The van der Waals surface area contributed by atoms with Crippen molar-refractivity contribution in [2.45, 2.75) is 76.3 Å². The van der Waals surface area contributed by atoms with E-state index in [1.807, 2.05) is 6.08 Å². The van der Waals surface area contributed by atoms with Gasteiger partial charge in [-0.3, -0.25) is 0 Å². The normalized spacial score (nSPS) is 21.4. The van der Waals surface area contributed by atoms with Crippen molar-refractivity contribution >= 4 is 9.04 Å². The van der Waals surface area contributed by atoms with Gasteiger partial charge in [0.1, 0.15) is 0 Å². The minimum atomic E-state index is -0.916. The molecule has 17 heavy (non-hydrogen) atoms. The molecule has 0 amide bonds. The Morgan fingerprint density at radius 2 is 1.94 bits per heavy atom. The van der Waals surface area contributed by atoms with Crippen LogP contribution in [0.1, 0.15) is 65.2 Å². The first-order chi connectivity index (χ1) is 8.17. The molecule has 0 aliphatic carbocycles. The van der Waals surface area contributed by atoms with Crippen LogP contribution in [-0.4, -0.2) is 15.6 Å². The maximum absolute atomic E-state index is 6.06. The van der Waals surface area contributed by atoms with Gasteiger partial charge in [0.15, 0.2) is 9.04 Å². The Labute approximate surface area is 109 Å². The number of hydrogen-bond donors (Lipinski definition) is 0. The van der Waals surface area contributed by atoms with Crippen LogP contribution < -0.4 is 0 Å². The third-order valence-corrected chi connectivity index (χ3v) is 7.63. The Bertz CT molecular complexity index is 207. The fourth-order valence-corrected chi connectivity index (χ4v) is 5.78. The highest BCUT2D eigenvalue weighted by molar-refractivity contribution is 6.55. The predicted octanol–water partition coefficient (Wildman–Crippen LogP) is 4.83. The lowest BCUT2D eigenvalue weighted by Crippen LogP contribution is -2.34. The Morgan fingerprint density at radius 1 is 1.18 bits per heavy atom. The summed E-state index contributed by atoms with van der Waals surface area (Å²) in [4.78, 5) is 0. The average molecular weight is 254 g/mol. The van der Waals surface area contributed by atoms with E-state index < -0.39 is 9.04 Å². The minimum absolute atomic E-state index is 0.513. The summed E-state index contributed by atoms with van der Waals surface area (Å²) in [5.41, 5.74) is 0. The fourth-order valence-electron chi connectivity index (χ4n) is 2.74. The summed E-state index contributed by atoms with van der Waals surface area (Å²) in [6.07, 6.45) is 12.8. The Kier molecular flexibility index (Phi) is 7.13. The second-order valence-corrected chi connectivity index (χ2v) is 9.54. The molecule has 0 aromatic heterocycles. The Hall–Kier alpha value is -0.0831. The van der Waals surface area contributed by atoms with E-state index in [1.54, 1.807) is 0 Å². The van der Waals surface area contributed by atoms with Crippen molar-refractivity contribution < 1.29 is 4.43 Å². The number of rotatable bonds is 8. The Balaban J connectivity index is 2.12. The van der Waals surface area contributed by atoms with Crippen molar-refractivity contribution in [2.75, 3.05) is 6.61 Å². The molecule has 0 saturated carbocycles. The molecular formula is C15H30OSi. The predicted molar refractivity (Wildman–Crippen MR) is 79.1 cm³/mol. The fraction of sp³-hybridized carbons (Fsp3) is 0.867. The summed E-state index contributed by atoms with van der Waals surface area (Å²) in [6, 6.07) is 1.41. The molecular weight excluding hydrogens is 224 g/mol. The van der Waals surface area contributed by atoms with Crippen LogP contribution in [0.3, 0.4) is 0 Å². The molecule has 2 heteroatoms. The first kappa shape index (κ1) is 15.0. The van der Waals surface area contributed by atoms with Crippen LogP contribution in [0.25, 0.3) is 0 Å². The van der Waals surface area contributed by atoms with Crippen LogP contribution >= 0.6 is 0 Å². The number of unbranched alkanes of at least 4 members (excludes halogenated alkanes) is 4. The van der Waals surface area contributed by atoms with Crippen LogP contribution in [0.15, 0.2) is 12.7 Å². The van der Waals surface area contributed by atoms with Gasteiger partial charge in [-0.25, -0.2) is 0 Å². The van der Waals surface area contributed by atoms with Crippen molar-refractivity contribution in [1.82, 2.24) is 0 Å². The topological polar surface area (TPSA) is 9.23 Å². The molecule has 1 aliphatic heterocycles. The molecule has 1 heterocycles. The van der Waals surface area contributed by atoms with E-state index in [1.165, 1.54) is 57.4 Å². The van der Waals surface area contributed by atoms with Crippen molar-refractivity contribution in [3.8, 4) is 0 Å². The van der Waals surface area contributed by atoms with Gasteiger partial charge in [-0.2, -0.15) is 0 Å². The zero-order valence-electron chi connectivity index (χ0n) is 11.8. The SMILES string of the molecule is C=CCCCCCCC(C)(C)[SiH]1CCCCO1. The van der Waals surface area contributed by atoms with Crippen LogP contribution in [0, 0.1) is 0 Å². The van der Waals surface area contributed by atoms with E-state index in [9.17, 15) is 0 Å². The van der Waals surface area contributed by atoms with Crippen LogP contribution in [-0.2, 0) is 4.43 Å². The lowest BCUT2D eigenvalue weighted by atomic mass is 10.0. The summed E-state index contributed by atoms with van der Waals surface area (Å²) >= 11 is 0. The van der Waals surface area contributed by atoms with Crippen molar-refractivity contribution in [2.24, 2.45) is 0 Å². The molecule has 0 aromatic rings. The monoisotopic (exact) mass is 254 g/mol. The van der Waals surface area contributed by atoms with Gasteiger partial charge in [0, 0.05) is 6.61 Å². The summed E-state index contributed by atoms with van der Waals surface area (Å²) in [6.45, 7) is 9.70. The molecule has 1 atom stereocenters. The lowest BCUT2D eigenvalue weighted by Gasteiger charge is -2.35. The van der Waals surface area contributed by atoms with Crippen molar-refractivity contribution in [3.63, 3.8) is 0 Å². The van der Waals surface area contributed by atoms with E-state index in [4.69, 9.17) is 4.43 Å². The maximum atomic E-state index is 6.06. The zero-order chi connectivity index (χ0) is 12.6. The molecule has 1 saturated heterocycles. The van der Waals surface area contributed by atoms with Gasteiger partial charge in [-0.05, 0) is 36.8 Å². The van der Waals surface area contributed by atoms with Crippen LogP contribution in [0.2, 0.25) is 11.1 Å². The van der Waals surface area contributed by atoms with Gasteiger partial charge in [0.25, 0.3) is 0 Å². The van der Waals surface area contributed by atoms with E-state index in [-0.39, 0.29) is 0 Å². The van der Waals surface area contributed by atoms with Crippen molar-refractivity contribution in [3.05, 3.63) is 12.7 Å². The van der Waals surface area contributed by atoms with E-state index in [0.29, 0.717) is 5.04 Å². The standard InChI is InChI=1S/C15H30OSi/c1-4-5-6-7-8-9-12-15(2,3)17-14-11-10-13-16-17/h4,17H,1,5-14H2,2-3H3. The minimum Gasteiger partial charge on any atom is -0.420 e. The quantitative estimate of drug-likeness (QED) is 0.342. The van der Waals surface area contributed by atoms with Gasteiger partial charge in [-0.1, -0.05) is 45.6 Å². The van der Waals surface area contributed by atoms with E-state index in [0.717, 1.165) is 6.61 Å². The second-order valence-electron chi connectivity index (χ2n) is 6.09. The maximum Gasteiger partial charge on any atom is 0.182 e. The number of allylic oxidation sites excluding steroid dienone is 1. The molecule has 1 nitrogen and oxygen atoms in total. The van der Waals surface area contributed by atoms with Gasteiger partial charge >= 0.3 is 0 Å². The summed E-state index contributed by atoms with van der Waals surface area (Å²) in [5, 5.41) is 0.513. The summed E-state index contributed by atoms with van der Waals surface area (Å²) < 4.78 is 6.06. The largest absolute Gasteiger partial charge is 0.420 e. The highest BCUT2D eigenvalue weighted by Crippen LogP contribution is 2.39. The smallest absolute Gasteiger partial charge is 0.182 e. The first-order valence-corrected chi connectivity index (χ1v) is 9.26. The van der Waals surface area contributed by atoms with Gasteiger partial charge in [0.2, 0.25) is 0 Å². The highest BCUT2D eigenvalue weighted by Gasteiger charge is 2.33. The molecule has 0 bridgehead atoms. The molecule has 0 radical (unpaired) electrons. The number of hydrogen-bond acceptors (Lipinski definition) is 1. The lowest BCUT2D eigenvalue weighted by molar-refractivity contribution is 0.263. The van der Waals surface area contributed by atoms with Gasteiger partial charge < -0.3 is 4.43 Å². The summed E-state index contributed by atoms with van der Waals surface area (Å²) in [7, 11) is -0.916. The molecule has 0 aromatic carbocycles. The van der Waals surface area contributed by atoms with Gasteiger partial charge in [0.05, 0.1) is 0 Å². The molecule has 1 unspecified atom stereocenters.